The Hall–Kier alpha value is -1.58. The van der Waals surface area contributed by atoms with Crippen LogP contribution in [-0.4, -0.2) is 4.98 Å². The van der Waals surface area contributed by atoms with Crippen LogP contribution in [0.1, 0.15) is 55.1 Å². The maximum absolute atomic E-state index is 3.75. The molecule has 0 aliphatic heterocycles. The first-order valence-electron chi connectivity index (χ1n) is 9.29. The van der Waals surface area contributed by atoms with Gasteiger partial charge in [0.25, 0.3) is 0 Å². The third-order valence-electron chi connectivity index (χ3n) is 4.80. The van der Waals surface area contributed by atoms with Gasteiger partial charge in [-0.15, -0.1) is 0 Å². The predicted molar refractivity (Wildman–Crippen MR) is 111 cm³/mol. The van der Waals surface area contributed by atoms with Gasteiger partial charge in [-0.2, -0.15) is 0 Å². The van der Waals surface area contributed by atoms with E-state index in [2.05, 4.69) is 75.6 Å². The normalized spacial score (nSPS) is 16.2. The first-order chi connectivity index (χ1) is 12.2. The maximum Gasteiger partial charge on any atom is 0.0478 e. The Morgan fingerprint density at radius 3 is 2.80 bits per heavy atom. The molecule has 1 atom stereocenters. The quantitative estimate of drug-likeness (QED) is 0.522. The molecule has 1 aliphatic rings. The summed E-state index contributed by atoms with van der Waals surface area (Å²) in [6, 6.07) is 15.7. The lowest BCUT2D eigenvalue weighted by Crippen LogP contribution is -2.24. The zero-order valence-electron chi connectivity index (χ0n) is 15.3. The molecule has 2 aromatic carbocycles. The molecule has 0 saturated carbocycles. The van der Waals surface area contributed by atoms with E-state index in [0.29, 0.717) is 6.04 Å². The Labute approximate surface area is 159 Å². The molecule has 0 spiro atoms. The zero-order chi connectivity index (χ0) is 17.8. The molecule has 0 radical (unpaired) electrons. The van der Waals surface area contributed by atoms with E-state index in [0.717, 1.165) is 11.0 Å². The molecule has 2 nitrogen and oxygen atoms in total. The maximum atomic E-state index is 3.75. The van der Waals surface area contributed by atoms with Crippen LogP contribution >= 0.6 is 15.9 Å². The molecule has 25 heavy (non-hydrogen) atoms. The fourth-order valence-electron chi connectivity index (χ4n) is 3.70. The summed E-state index contributed by atoms with van der Waals surface area (Å²) in [4.78, 5) is 3.66. The molecule has 4 rings (SSSR count). The van der Waals surface area contributed by atoms with E-state index in [9.17, 15) is 0 Å². The summed E-state index contributed by atoms with van der Waals surface area (Å²) in [5.41, 5.74) is 6.81. The van der Waals surface area contributed by atoms with Crippen LogP contribution in [-0.2, 0) is 13.0 Å². The smallest absolute Gasteiger partial charge is 0.0478 e. The number of nitrogens with one attached hydrogen (secondary N) is 2. The molecule has 0 bridgehead atoms. The summed E-state index contributed by atoms with van der Waals surface area (Å²) in [7, 11) is 0. The van der Waals surface area contributed by atoms with Gasteiger partial charge in [-0.1, -0.05) is 59.6 Å². The highest BCUT2D eigenvalue weighted by Crippen LogP contribution is 2.35. The van der Waals surface area contributed by atoms with E-state index in [1.807, 2.05) is 13.8 Å². The SMILES string of the molecule is CC.Cc1cccc(CNC2CCCc3c2[nH]c2ccc(Br)cc32)c1. The number of hydrogen-bond donors (Lipinski definition) is 2. The molecule has 3 aromatic rings. The van der Waals surface area contributed by atoms with Gasteiger partial charge in [0.15, 0.2) is 0 Å². The minimum atomic E-state index is 0.422. The van der Waals surface area contributed by atoms with Gasteiger partial charge in [-0.3, -0.25) is 0 Å². The number of H-pyrrole nitrogens is 1. The number of hydrogen-bond acceptors (Lipinski definition) is 1. The van der Waals surface area contributed by atoms with Crippen molar-refractivity contribution in [3.05, 3.63) is 69.3 Å². The highest BCUT2D eigenvalue weighted by atomic mass is 79.9. The second kappa shape index (κ2) is 8.20. The molecule has 1 unspecified atom stereocenters. The van der Waals surface area contributed by atoms with Crippen LogP contribution in [0.2, 0.25) is 0 Å². The van der Waals surface area contributed by atoms with Crippen molar-refractivity contribution in [1.29, 1.82) is 0 Å². The minimum absolute atomic E-state index is 0.422. The fourth-order valence-corrected chi connectivity index (χ4v) is 4.06. The van der Waals surface area contributed by atoms with Crippen molar-refractivity contribution in [3.8, 4) is 0 Å². The molecule has 1 aliphatic carbocycles. The van der Waals surface area contributed by atoms with Crippen LogP contribution in [0.25, 0.3) is 10.9 Å². The molecule has 0 saturated heterocycles. The van der Waals surface area contributed by atoms with Crippen LogP contribution in [0.15, 0.2) is 46.9 Å². The van der Waals surface area contributed by atoms with Crippen molar-refractivity contribution in [2.24, 2.45) is 0 Å². The molecular weight excluding hydrogens is 372 g/mol. The van der Waals surface area contributed by atoms with E-state index < -0.39 is 0 Å². The number of rotatable bonds is 3. The van der Waals surface area contributed by atoms with Crippen molar-refractivity contribution >= 4 is 26.8 Å². The summed E-state index contributed by atoms with van der Waals surface area (Å²) in [5.74, 6) is 0. The number of halogens is 1. The Morgan fingerprint density at radius 2 is 2.00 bits per heavy atom. The summed E-state index contributed by atoms with van der Waals surface area (Å²) in [6.07, 6.45) is 3.62. The molecule has 0 fully saturated rings. The topological polar surface area (TPSA) is 27.8 Å². The van der Waals surface area contributed by atoms with E-state index in [-0.39, 0.29) is 0 Å². The van der Waals surface area contributed by atoms with E-state index in [4.69, 9.17) is 0 Å². The number of aromatic amines is 1. The van der Waals surface area contributed by atoms with Gasteiger partial charge in [-0.05, 0) is 55.5 Å². The summed E-state index contributed by atoms with van der Waals surface area (Å²) >= 11 is 3.60. The van der Waals surface area contributed by atoms with Gasteiger partial charge in [-0.25, -0.2) is 0 Å². The van der Waals surface area contributed by atoms with E-state index in [1.54, 1.807) is 0 Å². The lowest BCUT2D eigenvalue weighted by molar-refractivity contribution is 0.452. The first kappa shape index (κ1) is 18.2. The van der Waals surface area contributed by atoms with Gasteiger partial charge in [0.2, 0.25) is 0 Å². The van der Waals surface area contributed by atoms with Crippen molar-refractivity contribution in [1.82, 2.24) is 10.3 Å². The average molecular weight is 399 g/mol. The number of benzene rings is 2. The van der Waals surface area contributed by atoms with Gasteiger partial charge >= 0.3 is 0 Å². The van der Waals surface area contributed by atoms with Gasteiger partial charge in [0.1, 0.15) is 0 Å². The van der Waals surface area contributed by atoms with Crippen molar-refractivity contribution < 1.29 is 0 Å². The molecule has 1 heterocycles. The zero-order valence-corrected chi connectivity index (χ0v) is 16.9. The number of aryl methyl sites for hydroxylation is 2. The van der Waals surface area contributed by atoms with Gasteiger partial charge in [0, 0.05) is 33.7 Å². The van der Waals surface area contributed by atoms with Crippen molar-refractivity contribution in [2.75, 3.05) is 0 Å². The first-order valence-corrected chi connectivity index (χ1v) is 10.1. The summed E-state index contributed by atoms with van der Waals surface area (Å²) < 4.78 is 1.15. The third-order valence-corrected chi connectivity index (χ3v) is 5.30. The lowest BCUT2D eigenvalue weighted by atomic mass is 9.91. The highest BCUT2D eigenvalue weighted by Gasteiger charge is 2.23. The second-order valence-corrected chi connectivity index (χ2v) is 7.44. The summed E-state index contributed by atoms with van der Waals surface area (Å²) in [5, 5.41) is 5.13. The average Bonchev–Trinajstić information content (AvgIpc) is 3.00. The Kier molecular flexibility index (Phi) is 5.98. The van der Waals surface area contributed by atoms with Crippen LogP contribution in [0.3, 0.4) is 0 Å². The number of fused-ring (bicyclic) bond motifs is 3. The standard InChI is InChI=1S/C20H21BrN2.C2H6/c1-13-4-2-5-14(10-13)12-22-19-7-3-6-16-17-11-15(21)8-9-18(17)23-20(16)19;1-2/h2,4-5,8-11,19,22-23H,3,6-7,12H2,1H3;1-2H3. The van der Waals surface area contributed by atoms with Crippen LogP contribution < -0.4 is 5.32 Å². The van der Waals surface area contributed by atoms with E-state index in [1.165, 1.54) is 52.5 Å². The van der Waals surface area contributed by atoms with Crippen LogP contribution in [0, 0.1) is 6.92 Å². The Bertz CT molecular complexity index is 850. The molecular formula is C22H27BrN2. The lowest BCUT2D eigenvalue weighted by Gasteiger charge is -2.24. The Morgan fingerprint density at radius 1 is 1.16 bits per heavy atom. The minimum Gasteiger partial charge on any atom is -0.357 e. The van der Waals surface area contributed by atoms with Crippen molar-refractivity contribution in [2.45, 2.75) is 52.6 Å². The van der Waals surface area contributed by atoms with Gasteiger partial charge in [0.05, 0.1) is 0 Å². The highest BCUT2D eigenvalue weighted by molar-refractivity contribution is 9.10. The number of aromatic nitrogens is 1. The Balaban J connectivity index is 0.000000880. The largest absolute Gasteiger partial charge is 0.357 e. The molecule has 1 aromatic heterocycles. The molecule has 3 heteroatoms. The monoisotopic (exact) mass is 398 g/mol. The second-order valence-electron chi connectivity index (χ2n) is 6.52. The van der Waals surface area contributed by atoms with E-state index >= 15 is 0 Å². The molecule has 132 valence electrons. The van der Waals surface area contributed by atoms with Gasteiger partial charge < -0.3 is 10.3 Å². The van der Waals surface area contributed by atoms with Crippen LogP contribution in [0.5, 0.6) is 0 Å². The third kappa shape index (κ3) is 3.99. The predicted octanol–water partition coefficient (Wildman–Crippen LogP) is 6.43. The molecule has 0 amide bonds. The fraction of sp³-hybridized carbons (Fsp3) is 0.364. The molecule has 2 N–H and O–H groups in total. The summed E-state index contributed by atoms with van der Waals surface area (Å²) in [6.45, 7) is 7.07. The van der Waals surface area contributed by atoms with Crippen molar-refractivity contribution in [3.63, 3.8) is 0 Å². The van der Waals surface area contributed by atoms with Crippen LogP contribution in [0.4, 0.5) is 0 Å².